The fourth-order valence-corrected chi connectivity index (χ4v) is 4.84. The summed E-state index contributed by atoms with van der Waals surface area (Å²) in [4.78, 5) is 23.6. The monoisotopic (exact) mass is 471 g/mol. The Labute approximate surface area is 202 Å². The molecule has 1 atom stereocenters. The number of rotatable bonds is 7. The van der Waals surface area contributed by atoms with E-state index in [9.17, 15) is 4.79 Å². The van der Waals surface area contributed by atoms with Gasteiger partial charge in [0.1, 0.15) is 0 Å². The van der Waals surface area contributed by atoms with Gasteiger partial charge >= 0.3 is 0 Å². The number of nitrogens with one attached hydrogen (secondary N) is 1. The Hall–Kier alpha value is -3.72. The average molecular weight is 472 g/mol. The molecule has 1 N–H and O–H groups in total. The van der Waals surface area contributed by atoms with Gasteiger partial charge in [-0.1, -0.05) is 60.3 Å². The molecular weight excluding hydrogens is 446 g/mol. The van der Waals surface area contributed by atoms with Crippen LogP contribution in [0.2, 0.25) is 0 Å². The number of hydrogen-bond acceptors (Lipinski definition) is 7. The van der Waals surface area contributed by atoms with Gasteiger partial charge < -0.3 is 10.2 Å². The van der Waals surface area contributed by atoms with Crippen molar-refractivity contribution in [2.24, 2.45) is 0 Å². The number of benzene rings is 2. The number of amides is 1. The quantitative estimate of drug-likeness (QED) is 0.412. The van der Waals surface area contributed by atoms with E-state index in [1.807, 2.05) is 65.2 Å². The summed E-state index contributed by atoms with van der Waals surface area (Å²) >= 11 is 1.39. The number of hydrogen-bond donors (Lipinski definition) is 1. The Balaban J connectivity index is 1.27. The topological polar surface area (TPSA) is 88.8 Å². The second-order valence-electron chi connectivity index (χ2n) is 8.03. The van der Waals surface area contributed by atoms with Gasteiger partial charge in [0.05, 0.1) is 5.75 Å². The fourth-order valence-electron chi connectivity index (χ4n) is 4.08. The lowest BCUT2D eigenvalue weighted by molar-refractivity contribution is -0.119. The number of carbonyl (C=O) groups is 1. The van der Waals surface area contributed by atoms with Gasteiger partial charge in [0.15, 0.2) is 11.0 Å². The van der Waals surface area contributed by atoms with Crippen molar-refractivity contribution in [1.29, 1.82) is 0 Å². The molecule has 1 aliphatic heterocycles. The molecule has 3 heterocycles. The number of thioether (sulfide) groups is 1. The highest BCUT2D eigenvalue weighted by atomic mass is 32.2. The van der Waals surface area contributed by atoms with E-state index in [1.54, 1.807) is 18.5 Å². The minimum atomic E-state index is -0.0188. The predicted octanol–water partition coefficient (Wildman–Crippen LogP) is 3.60. The van der Waals surface area contributed by atoms with E-state index in [2.05, 4.69) is 30.4 Å². The van der Waals surface area contributed by atoms with Crippen molar-refractivity contribution in [2.75, 3.05) is 23.7 Å². The highest BCUT2D eigenvalue weighted by Gasteiger charge is 2.23. The maximum Gasteiger partial charge on any atom is 0.230 e. The fraction of sp³-hybridized carbons (Fsp3) is 0.240. The van der Waals surface area contributed by atoms with Gasteiger partial charge in [0, 0.05) is 42.8 Å². The number of anilines is 1. The summed E-state index contributed by atoms with van der Waals surface area (Å²) in [6.45, 7) is 1.60. The first kappa shape index (κ1) is 22.1. The van der Waals surface area contributed by atoms with E-state index in [0.29, 0.717) is 17.6 Å². The first-order chi connectivity index (χ1) is 16.8. The molecule has 9 heteroatoms. The molecule has 1 aliphatic rings. The van der Waals surface area contributed by atoms with Gasteiger partial charge in [0.2, 0.25) is 11.9 Å². The Morgan fingerprint density at radius 2 is 1.71 bits per heavy atom. The van der Waals surface area contributed by atoms with Crippen LogP contribution in [-0.2, 0) is 4.79 Å². The molecule has 1 amide bonds. The maximum absolute atomic E-state index is 12.8. The number of piperidine rings is 1. The Morgan fingerprint density at radius 3 is 2.47 bits per heavy atom. The van der Waals surface area contributed by atoms with Crippen LogP contribution in [0.4, 0.5) is 5.95 Å². The molecule has 1 fully saturated rings. The molecule has 34 heavy (non-hydrogen) atoms. The summed E-state index contributed by atoms with van der Waals surface area (Å²) in [6, 6.07) is 21.8. The summed E-state index contributed by atoms with van der Waals surface area (Å²) in [5, 5.41) is 12.7. The van der Waals surface area contributed by atoms with Gasteiger partial charge in [-0.15, -0.1) is 10.2 Å². The van der Waals surface area contributed by atoms with Gasteiger partial charge in [-0.2, -0.15) is 0 Å². The van der Waals surface area contributed by atoms with E-state index >= 15 is 0 Å². The maximum atomic E-state index is 12.8. The summed E-state index contributed by atoms with van der Waals surface area (Å²) in [6.07, 6.45) is 5.42. The zero-order valence-corrected chi connectivity index (χ0v) is 19.4. The van der Waals surface area contributed by atoms with Crippen LogP contribution in [0.5, 0.6) is 0 Å². The third kappa shape index (κ3) is 5.09. The predicted molar refractivity (Wildman–Crippen MR) is 133 cm³/mol. The first-order valence-electron chi connectivity index (χ1n) is 11.3. The van der Waals surface area contributed by atoms with Crippen molar-refractivity contribution in [2.45, 2.75) is 24.0 Å². The van der Waals surface area contributed by atoms with Crippen LogP contribution < -0.4 is 10.2 Å². The molecule has 0 spiro atoms. The second kappa shape index (κ2) is 10.5. The van der Waals surface area contributed by atoms with Crippen molar-refractivity contribution in [3.05, 3.63) is 79.1 Å². The lowest BCUT2D eigenvalue weighted by atomic mass is 10.1. The van der Waals surface area contributed by atoms with Crippen LogP contribution >= 0.6 is 11.8 Å². The first-order valence-corrected chi connectivity index (χ1v) is 12.3. The van der Waals surface area contributed by atoms with Crippen molar-refractivity contribution in [3.63, 3.8) is 0 Å². The molecule has 4 aromatic rings. The van der Waals surface area contributed by atoms with E-state index in [1.165, 1.54) is 11.8 Å². The smallest absolute Gasteiger partial charge is 0.230 e. The Bertz CT molecular complexity index is 1220. The summed E-state index contributed by atoms with van der Waals surface area (Å²) in [7, 11) is 0. The molecule has 0 aliphatic carbocycles. The largest absolute Gasteiger partial charge is 0.351 e. The molecule has 0 saturated carbocycles. The van der Waals surface area contributed by atoms with Crippen LogP contribution in [0.15, 0.2) is 84.3 Å². The minimum Gasteiger partial charge on any atom is -0.351 e. The zero-order chi connectivity index (χ0) is 23.2. The van der Waals surface area contributed by atoms with Crippen LogP contribution in [0.1, 0.15) is 12.8 Å². The zero-order valence-electron chi connectivity index (χ0n) is 18.6. The summed E-state index contributed by atoms with van der Waals surface area (Å²) in [5.74, 6) is 1.70. The van der Waals surface area contributed by atoms with Crippen LogP contribution in [-0.4, -0.2) is 55.5 Å². The number of carbonyl (C=O) groups excluding carboxylic acids is 1. The summed E-state index contributed by atoms with van der Waals surface area (Å²) < 4.78 is 2.00. The van der Waals surface area contributed by atoms with Gasteiger partial charge in [-0.3, -0.25) is 9.36 Å². The van der Waals surface area contributed by atoms with E-state index in [4.69, 9.17) is 0 Å². The van der Waals surface area contributed by atoms with Crippen LogP contribution in [0, 0.1) is 0 Å². The normalized spacial score (nSPS) is 15.8. The molecule has 8 nitrogen and oxygen atoms in total. The molecule has 5 rings (SSSR count). The molecule has 1 unspecified atom stereocenters. The molecule has 172 valence electrons. The second-order valence-corrected chi connectivity index (χ2v) is 8.98. The lowest BCUT2D eigenvalue weighted by Gasteiger charge is -2.33. The van der Waals surface area contributed by atoms with Crippen molar-refractivity contribution in [3.8, 4) is 17.1 Å². The van der Waals surface area contributed by atoms with E-state index < -0.39 is 0 Å². The summed E-state index contributed by atoms with van der Waals surface area (Å²) in [5.41, 5.74) is 1.93. The highest BCUT2D eigenvalue weighted by molar-refractivity contribution is 7.99. The SMILES string of the molecule is O=C(CSc1nnc(-c2ccccc2)n1-c1ccccc1)NC1CCCN(c2ncccn2)C1. The highest BCUT2D eigenvalue weighted by Crippen LogP contribution is 2.27. The molecular formula is C25H25N7OS. The van der Waals surface area contributed by atoms with Crippen LogP contribution in [0.3, 0.4) is 0 Å². The van der Waals surface area contributed by atoms with Gasteiger partial charge in [-0.25, -0.2) is 9.97 Å². The molecule has 2 aromatic heterocycles. The standard InChI is InChI=1S/C25H25N7OS/c33-22(28-20-11-7-16-31(17-20)24-26-14-8-15-27-24)18-34-25-30-29-23(19-9-3-1-4-10-19)32(25)21-12-5-2-6-13-21/h1-6,8-10,12-15,20H,7,11,16-18H2,(H,28,33). The van der Waals surface area contributed by atoms with Gasteiger partial charge in [-0.05, 0) is 31.0 Å². The molecule has 1 saturated heterocycles. The third-order valence-corrected chi connectivity index (χ3v) is 6.56. The minimum absolute atomic E-state index is 0.0188. The Kier molecular flexibility index (Phi) is 6.81. The lowest BCUT2D eigenvalue weighted by Crippen LogP contribution is -2.48. The van der Waals surface area contributed by atoms with E-state index in [-0.39, 0.29) is 17.7 Å². The van der Waals surface area contributed by atoms with Crippen molar-refractivity contribution in [1.82, 2.24) is 30.0 Å². The van der Waals surface area contributed by atoms with E-state index in [0.717, 1.165) is 36.5 Å². The van der Waals surface area contributed by atoms with Crippen LogP contribution in [0.25, 0.3) is 17.1 Å². The molecule has 2 aromatic carbocycles. The average Bonchev–Trinajstić information content (AvgIpc) is 3.33. The van der Waals surface area contributed by atoms with Crippen molar-refractivity contribution >= 4 is 23.6 Å². The molecule has 0 radical (unpaired) electrons. The Morgan fingerprint density at radius 1 is 0.971 bits per heavy atom. The number of aromatic nitrogens is 5. The number of para-hydroxylation sites is 1. The third-order valence-electron chi connectivity index (χ3n) is 5.63. The van der Waals surface area contributed by atoms with Crippen molar-refractivity contribution < 1.29 is 4.79 Å². The van der Waals surface area contributed by atoms with Gasteiger partial charge in [0.25, 0.3) is 0 Å². The number of nitrogens with zero attached hydrogens (tertiary/aromatic N) is 6. The molecule has 0 bridgehead atoms.